The number of esters is 2. The molecule has 0 aliphatic heterocycles. The summed E-state index contributed by atoms with van der Waals surface area (Å²) in [6, 6.07) is 7.90. The summed E-state index contributed by atoms with van der Waals surface area (Å²) in [6.45, 7) is 6.23. The second kappa shape index (κ2) is 12.3. The Kier molecular flexibility index (Phi) is 10.3. The van der Waals surface area contributed by atoms with Gasteiger partial charge in [-0.15, -0.1) is 0 Å². The summed E-state index contributed by atoms with van der Waals surface area (Å²) >= 11 is 0. The van der Waals surface area contributed by atoms with Crippen LogP contribution in [0.2, 0.25) is 0 Å². The largest absolute Gasteiger partial charge is 0.497 e. The monoisotopic (exact) mass is 351 g/mol. The summed E-state index contributed by atoms with van der Waals surface area (Å²) in [7, 11) is 1.64. The minimum Gasteiger partial charge on any atom is -0.497 e. The standard InChI is InChI=1S/C19H29NO5/c1-4-24-18(21)11-14-20(15-12-19(22)25-5-2)13-10-16-6-8-17(23-3)9-7-16/h6-9H,4-5,10-15H2,1-3H3. The quantitative estimate of drug-likeness (QED) is 0.539. The Morgan fingerprint density at radius 1 is 0.880 bits per heavy atom. The maximum atomic E-state index is 11.6. The van der Waals surface area contributed by atoms with Crippen molar-refractivity contribution in [2.75, 3.05) is 40.0 Å². The third kappa shape index (κ3) is 9.10. The van der Waals surface area contributed by atoms with Crippen LogP contribution in [-0.4, -0.2) is 56.8 Å². The lowest BCUT2D eigenvalue weighted by Gasteiger charge is -2.21. The molecule has 0 aliphatic carbocycles. The smallest absolute Gasteiger partial charge is 0.307 e. The van der Waals surface area contributed by atoms with Gasteiger partial charge in [-0.2, -0.15) is 0 Å². The summed E-state index contributed by atoms with van der Waals surface area (Å²) in [5, 5.41) is 0. The molecule has 0 amide bonds. The molecule has 0 radical (unpaired) electrons. The van der Waals surface area contributed by atoms with Gasteiger partial charge in [0, 0.05) is 19.6 Å². The molecule has 0 N–H and O–H groups in total. The first kappa shape index (κ1) is 21.0. The average Bonchev–Trinajstić information content (AvgIpc) is 2.62. The number of rotatable bonds is 12. The number of hydrogen-bond donors (Lipinski definition) is 0. The zero-order valence-electron chi connectivity index (χ0n) is 15.5. The van der Waals surface area contributed by atoms with Gasteiger partial charge in [0.05, 0.1) is 33.2 Å². The van der Waals surface area contributed by atoms with Crippen molar-refractivity contribution in [1.29, 1.82) is 0 Å². The normalized spacial score (nSPS) is 10.6. The lowest BCUT2D eigenvalue weighted by molar-refractivity contribution is -0.143. The maximum Gasteiger partial charge on any atom is 0.307 e. The van der Waals surface area contributed by atoms with Crippen LogP contribution in [0.1, 0.15) is 32.3 Å². The van der Waals surface area contributed by atoms with Crippen LogP contribution in [0, 0.1) is 0 Å². The molecule has 1 rings (SSSR count). The van der Waals surface area contributed by atoms with Gasteiger partial charge in [0.2, 0.25) is 0 Å². The van der Waals surface area contributed by atoms with Crippen molar-refractivity contribution in [3.63, 3.8) is 0 Å². The van der Waals surface area contributed by atoms with Gasteiger partial charge in [0.25, 0.3) is 0 Å². The summed E-state index contributed by atoms with van der Waals surface area (Å²) < 4.78 is 15.1. The molecule has 0 heterocycles. The molecule has 140 valence electrons. The summed E-state index contributed by atoms with van der Waals surface area (Å²) in [5.41, 5.74) is 1.18. The van der Waals surface area contributed by atoms with Crippen LogP contribution in [0.25, 0.3) is 0 Å². The summed E-state index contributed by atoms with van der Waals surface area (Å²) in [4.78, 5) is 25.3. The first-order valence-electron chi connectivity index (χ1n) is 8.75. The van der Waals surface area contributed by atoms with Crippen LogP contribution in [-0.2, 0) is 25.5 Å². The van der Waals surface area contributed by atoms with Gasteiger partial charge < -0.3 is 19.1 Å². The van der Waals surface area contributed by atoms with E-state index in [0.29, 0.717) is 39.1 Å². The third-order valence-corrected chi connectivity index (χ3v) is 3.75. The van der Waals surface area contributed by atoms with E-state index in [1.54, 1.807) is 21.0 Å². The minimum atomic E-state index is -0.215. The molecule has 0 atom stereocenters. The maximum absolute atomic E-state index is 11.6. The van der Waals surface area contributed by atoms with Crippen molar-refractivity contribution in [2.45, 2.75) is 33.1 Å². The van der Waals surface area contributed by atoms with Crippen LogP contribution in [0.4, 0.5) is 0 Å². The van der Waals surface area contributed by atoms with E-state index in [0.717, 1.165) is 18.7 Å². The topological polar surface area (TPSA) is 65.1 Å². The lowest BCUT2D eigenvalue weighted by Crippen LogP contribution is -2.31. The predicted octanol–water partition coefficient (Wildman–Crippen LogP) is 2.45. The summed E-state index contributed by atoms with van der Waals surface area (Å²) in [6.07, 6.45) is 1.47. The zero-order chi connectivity index (χ0) is 18.5. The van der Waals surface area contributed by atoms with Crippen molar-refractivity contribution in [3.8, 4) is 5.75 Å². The number of ether oxygens (including phenoxy) is 3. The van der Waals surface area contributed by atoms with E-state index >= 15 is 0 Å². The Morgan fingerprint density at radius 2 is 1.40 bits per heavy atom. The zero-order valence-corrected chi connectivity index (χ0v) is 15.5. The van der Waals surface area contributed by atoms with Crippen LogP contribution in [0.5, 0.6) is 5.75 Å². The van der Waals surface area contributed by atoms with Crippen molar-refractivity contribution in [2.24, 2.45) is 0 Å². The number of benzene rings is 1. The average molecular weight is 351 g/mol. The fourth-order valence-electron chi connectivity index (χ4n) is 2.38. The van der Waals surface area contributed by atoms with Crippen molar-refractivity contribution < 1.29 is 23.8 Å². The van der Waals surface area contributed by atoms with E-state index in [-0.39, 0.29) is 11.9 Å². The van der Waals surface area contributed by atoms with Gasteiger partial charge in [-0.25, -0.2) is 0 Å². The molecule has 25 heavy (non-hydrogen) atoms. The van der Waals surface area contributed by atoms with Crippen molar-refractivity contribution >= 4 is 11.9 Å². The molecule has 1 aromatic carbocycles. The molecule has 6 nitrogen and oxygen atoms in total. The molecule has 0 fully saturated rings. The Morgan fingerprint density at radius 3 is 1.84 bits per heavy atom. The molecule has 0 saturated heterocycles. The van der Waals surface area contributed by atoms with Crippen LogP contribution < -0.4 is 4.74 Å². The number of methoxy groups -OCH3 is 1. The fourth-order valence-corrected chi connectivity index (χ4v) is 2.38. The van der Waals surface area contributed by atoms with Gasteiger partial charge in [-0.05, 0) is 38.0 Å². The molecular weight excluding hydrogens is 322 g/mol. The van der Waals surface area contributed by atoms with Gasteiger partial charge in [-0.1, -0.05) is 12.1 Å². The molecule has 0 aliphatic rings. The minimum absolute atomic E-state index is 0.215. The number of hydrogen-bond acceptors (Lipinski definition) is 6. The fraction of sp³-hybridized carbons (Fsp3) is 0.579. The SMILES string of the molecule is CCOC(=O)CCN(CCC(=O)OCC)CCc1ccc(OC)cc1. The number of carbonyl (C=O) groups is 2. The lowest BCUT2D eigenvalue weighted by atomic mass is 10.1. The summed E-state index contributed by atoms with van der Waals surface area (Å²) in [5.74, 6) is 0.395. The molecule has 1 aromatic rings. The van der Waals surface area contributed by atoms with Crippen LogP contribution in [0.15, 0.2) is 24.3 Å². The molecular formula is C19H29NO5. The van der Waals surface area contributed by atoms with Gasteiger partial charge in [0.15, 0.2) is 0 Å². The van der Waals surface area contributed by atoms with Gasteiger partial charge >= 0.3 is 11.9 Å². The van der Waals surface area contributed by atoms with Gasteiger partial charge in [0.1, 0.15) is 5.75 Å². The van der Waals surface area contributed by atoms with Crippen LogP contribution >= 0.6 is 0 Å². The third-order valence-electron chi connectivity index (χ3n) is 3.75. The van der Waals surface area contributed by atoms with Crippen LogP contribution in [0.3, 0.4) is 0 Å². The second-order valence-corrected chi connectivity index (χ2v) is 5.55. The number of carbonyl (C=O) groups excluding carboxylic acids is 2. The van der Waals surface area contributed by atoms with E-state index in [9.17, 15) is 9.59 Å². The van der Waals surface area contributed by atoms with E-state index in [4.69, 9.17) is 14.2 Å². The molecule has 6 heteroatoms. The highest BCUT2D eigenvalue weighted by atomic mass is 16.5. The number of nitrogens with zero attached hydrogens (tertiary/aromatic N) is 1. The molecule has 0 bridgehead atoms. The Bertz CT molecular complexity index is 493. The molecule has 0 spiro atoms. The molecule has 0 aromatic heterocycles. The van der Waals surface area contributed by atoms with E-state index < -0.39 is 0 Å². The highest BCUT2D eigenvalue weighted by Crippen LogP contribution is 2.12. The Hall–Kier alpha value is -2.08. The highest BCUT2D eigenvalue weighted by Gasteiger charge is 2.12. The van der Waals surface area contributed by atoms with Crippen molar-refractivity contribution in [1.82, 2.24) is 4.90 Å². The van der Waals surface area contributed by atoms with Crippen molar-refractivity contribution in [3.05, 3.63) is 29.8 Å². The first-order chi connectivity index (χ1) is 12.1. The van der Waals surface area contributed by atoms with Gasteiger partial charge in [-0.3, -0.25) is 9.59 Å². The predicted molar refractivity (Wildman–Crippen MR) is 95.6 cm³/mol. The Balaban J connectivity index is 2.52. The van der Waals surface area contributed by atoms with E-state index in [1.165, 1.54) is 5.56 Å². The highest BCUT2D eigenvalue weighted by molar-refractivity contribution is 5.70. The molecule has 0 saturated carbocycles. The Labute approximate surface area is 150 Å². The molecule has 0 unspecified atom stereocenters. The first-order valence-corrected chi connectivity index (χ1v) is 8.75. The van der Waals surface area contributed by atoms with E-state index in [2.05, 4.69) is 4.90 Å². The van der Waals surface area contributed by atoms with E-state index in [1.807, 2.05) is 24.3 Å². The second-order valence-electron chi connectivity index (χ2n) is 5.55.